The molecule has 1 amide bonds. The molecule has 2 heterocycles. The maximum Gasteiger partial charge on any atom is 0.494 e. The van der Waals surface area contributed by atoms with Crippen LogP contribution in [0, 0.1) is 11.7 Å². The Bertz CT molecular complexity index is 671. The molecule has 2 fully saturated rings. The van der Waals surface area contributed by atoms with E-state index in [-0.39, 0.29) is 5.91 Å². The highest BCUT2D eigenvalue weighted by Crippen LogP contribution is 2.36. The van der Waals surface area contributed by atoms with Gasteiger partial charge in [-0.1, -0.05) is 0 Å². The van der Waals surface area contributed by atoms with Crippen LogP contribution in [0.2, 0.25) is 0 Å². The van der Waals surface area contributed by atoms with Crippen molar-refractivity contribution in [1.82, 2.24) is 4.90 Å². The Morgan fingerprint density at radius 1 is 1.19 bits per heavy atom. The Morgan fingerprint density at radius 2 is 1.77 bits per heavy atom. The van der Waals surface area contributed by atoms with Crippen LogP contribution in [-0.2, 0) is 9.31 Å². The number of piperidine rings is 1. The summed E-state index contributed by atoms with van der Waals surface area (Å²) in [5.74, 6) is -0.151. The van der Waals surface area contributed by atoms with Crippen molar-refractivity contribution in [2.24, 2.45) is 11.7 Å². The molecule has 3 rings (SSSR count). The smallest absolute Gasteiger partial charge is 0.399 e. The van der Waals surface area contributed by atoms with Gasteiger partial charge in [-0.3, -0.25) is 4.79 Å². The van der Waals surface area contributed by atoms with E-state index in [1.807, 2.05) is 27.7 Å². The number of benzene rings is 1. The zero-order valence-electron chi connectivity index (χ0n) is 16.0. The summed E-state index contributed by atoms with van der Waals surface area (Å²) >= 11 is 0. The molecule has 0 spiro atoms. The van der Waals surface area contributed by atoms with Gasteiger partial charge in [-0.05, 0) is 76.7 Å². The molecule has 0 bridgehead atoms. The Labute approximate surface area is 155 Å². The topological polar surface area (TPSA) is 64.8 Å². The van der Waals surface area contributed by atoms with E-state index >= 15 is 0 Å². The summed E-state index contributed by atoms with van der Waals surface area (Å²) in [4.78, 5) is 14.6. The van der Waals surface area contributed by atoms with Gasteiger partial charge >= 0.3 is 7.12 Å². The van der Waals surface area contributed by atoms with Gasteiger partial charge in [0.15, 0.2) is 0 Å². The van der Waals surface area contributed by atoms with Gasteiger partial charge in [-0.2, -0.15) is 0 Å². The van der Waals surface area contributed by atoms with E-state index in [4.69, 9.17) is 15.0 Å². The lowest BCUT2D eigenvalue weighted by Gasteiger charge is -2.32. The second-order valence-electron chi connectivity index (χ2n) is 8.33. The fourth-order valence-electron chi connectivity index (χ4n) is 3.41. The number of carbonyl (C=O) groups excluding carboxylic acids is 1. The van der Waals surface area contributed by atoms with E-state index in [1.165, 1.54) is 12.1 Å². The molecule has 2 saturated heterocycles. The van der Waals surface area contributed by atoms with E-state index in [0.29, 0.717) is 36.6 Å². The van der Waals surface area contributed by atoms with Crippen molar-refractivity contribution in [3.8, 4) is 0 Å². The van der Waals surface area contributed by atoms with Gasteiger partial charge in [0, 0.05) is 18.7 Å². The van der Waals surface area contributed by atoms with Crippen molar-refractivity contribution >= 4 is 18.5 Å². The van der Waals surface area contributed by atoms with E-state index in [1.54, 1.807) is 11.0 Å². The van der Waals surface area contributed by atoms with Crippen LogP contribution in [0.25, 0.3) is 0 Å². The molecule has 0 saturated carbocycles. The number of likely N-dealkylation sites (tertiary alicyclic amines) is 1. The van der Waals surface area contributed by atoms with E-state index in [0.717, 1.165) is 12.8 Å². The molecule has 0 atom stereocenters. The van der Waals surface area contributed by atoms with Crippen molar-refractivity contribution in [2.45, 2.75) is 51.7 Å². The van der Waals surface area contributed by atoms with Gasteiger partial charge < -0.3 is 19.9 Å². The standard InChI is InChI=1S/C19H28BFN2O3/c1-18(2)19(3,4)26-20(25-18)15-9-14(10-16(21)11-15)17(24)23-7-5-13(12-22)6-8-23/h9-11,13H,5-8,12,22H2,1-4H3. The number of nitrogens with two attached hydrogens (primary N) is 1. The van der Waals surface area contributed by atoms with Gasteiger partial charge in [-0.15, -0.1) is 0 Å². The minimum Gasteiger partial charge on any atom is -0.399 e. The van der Waals surface area contributed by atoms with Gasteiger partial charge in [0.25, 0.3) is 5.91 Å². The quantitative estimate of drug-likeness (QED) is 0.835. The molecule has 1 aromatic rings. The van der Waals surface area contributed by atoms with Crippen LogP contribution < -0.4 is 11.2 Å². The van der Waals surface area contributed by atoms with Crippen molar-refractivity contribution in [3.63, 3.8) is 0 Å². The predicted octanol–water partition coefficient (Wildman–Crippen LogP) is 1.94. The maximum atomic E-state index is 14.2. The Morgan fingerprint density at radius 3 is 2.31 bits per heavy atom. The second kappa shape index (κ2) is 6.95. The number of rotatable bonds is 3. The highest BCUT2D eigenvalue weighted by atomic mass is 19.1. The molecule has 7 heteroatoms. The maximum absolute atomic E-state index is 14.2. The average molecular weight is 362 g/mol. The van der Waals surface area contributed by atoms with Crippen molar-refractivity contribution in [3.05, 3.63) is 29.6 Å². The first-order valence-corrected chi connectivity index (χ1v) is 9.28. The molecule has 2 aliphatic heterocycles. The number of amides is 1. The van der Waals surface area contributed by atoms with Crippen LogP contribution in [0.1, 0.15) is 50.9 Å². The number of carbonyl (C=O) groups is 1. The fourth-order valence-corrected chi connectivity index (χ4v) is 3.41. The molecule has 0 radical (unpaired) electrons. The highest BCUT2D eigenvalue weighted by molar-refractivity contribution is 6.62. The molecule has 2 aliphatic rings. The van der Waals surface area contributed by atoms with Crippen molar-refractivity contribution in [2.75, 3.05) is 19.6 Å². The summed E-state index contributed by atoms with van der Waals surface area (Å²) in [5, 5.41) is 0. The van der Waals surface area contributed by atoms with Crippen LogP contribution >= 0.6 is 0 Å². The largest absolute Gasteiger partial charge is 0.494 e. The summed E-state index contributed by atoms with van der Waals surface area (Å²) in [6.07, 6.45) is 1.78. The molecule has 142 valence electrons. The van der Waals surface area contributed by atoms with Gasteiger partial charge in [0.05, 0.1) is 11.2 Å². The monoisotopic (exact) mass is 362 g/mol. The SMILES string of the molecule is CC1(C)OB(c2cc(F)cc(C(=O)N3CCC(CN)CC3)c2)OC1(C)C. The van der Waals surface area contributed by atoms with Gasteiger partial charge in [0.1, 0.15) is 5.82 Å². The van der Waals surface area contributed by atoms with Gasteiger partial charge in [-0.25, -0.2) is 4.39 Å². The molecular weight excluding hydrogens is 334 g/mol. The van der Waals surface area contributed by atoms with Crippen LogP contribution in [0.5, 0.6) is 0 Å². The molecule has 5 nitrogen and oxygen atoms in total. The van der Waals surface area contributed by atoms with Crippen molar-refractivity contribution < 1.29 is 18.5 Å². The molecule has 0 aromatic heterocycles. The number of halogens is 1. The summed E-state index contributed by atoms with van der Waals surface area (Å²) in [5.41, 5.74) is 5.54. The summed E-state index contributed by atoms with van der Waals surface area (Å²) in [6, 6.07) is 4.34. The predicted molar refractivity (Wildman–Crippen MR) is 99.8 cm³/mol. The second-order valence-corrected chi connectivity index (χ2v) is 8.33. The summed E-state index contributed by atoms with van der Waals surface area (Å²) in [7, 11) is -0.690. The Kier molecular flexibility index (Phi) is 5.16. The number of nitrogens with zero attached hydrogens (tertiary/aromatic N) is 1. The molecule has 0 unspecified atom stereocenters. The normalized spacial score (nSPS) is 22.7. The lowest BCUT2D eigenvalue weighted by atomic mass is 9.78. The van der Waals surface area contributed by atoms with Crippen LogP contribution in [0.4, 0.5) is 4.39 Å². The van der Waals surface area contributed by atoms with E-state index in [2.05, 4.69) is 0 Å². The first-order chi connectivity index (χ1) is 12.1. The van der Waals surface area contributed by atoms with Crippen LogP contribution in [-0.4, -0.2) is 48.8 Å². The molecular formula is C19H28BFN2O3. The minimum atomic E-state index is -0.690. The van der Waals surface area contributed by atoms with Gasteiger partial charge in [0.2, 0.25) is 0 Å². The van der Waals surface area contributed by atoms with E-state index in [9.17, 15) is 9.18 Å². The highest BCUT2D eigenvalue weighted by Gasteiger charge is 2.51. The third-order valence-electron chi connectivity index (χ3n) is 5.93. The first kappa shape index (κ1) is 19.3. The molecule has 26 heavy (non-hydrogen) atoms. The number of hydrogen-bond acceptors (Lipinski definition) is 4. The Hall–Kier alpha value is -1.44. The average Bonchev–Trinajstić information content (AvgIpc) is 2.81. The van der Waals surface area contributed by atoms with Crippen LogP contribution in [0.15, 0.2) is 18.2 Å². The van der Waals surface area contributed by atoms with Crippen molar-refractivity contribution in [1.29, 1.82) is 0 Å². The molecule has 0 aliphatic carbocycles. The van der Waals surface area contributed by atoms with E-state index < -0.39 is 24.1 Å². The molecule has 2 N–H and O–H groups in total. The lowest BCUT2D eigenvalue weighted by Crippen LogP contribution is -2.41. The lowest BCUT2D eigenvalue weighted by molar-refractivity contribution is 0.00578. The molecule has 1 aromatic carbocycles. The fraction of sp³-hybridized carbons (Fsp3) is 0.632. The first-order valence-electron chi connectivity index (χ1n) is 9.28. The number of hydrogen-bond donors (Lipinski definition) is 1. The third-order valence-corrected chi connectivity index (χ3v) is 5.93. The Balaban J connectivity index is 1.79. The third kappa shape index (κ3) is 3.66. The summed E-state index contributed by atoms with van der Waals surface area (Å²) < 4.78 is 26.2. The zero-order valence-corrected chi connectivity index (χ0v) is 16.0. The van der Waals surface area contributed by atoms with Crippen LogP contribution in [0.3, 0.4) is 0 Å². The minimum absolute atomic E-state index is 0.155. The summed E-state index contributed by atoms with van der Waals surface area (Å²) in [6.45, 7) is 9.74. The zero-order chi connectivity index (χ0) is 19.1.